The van der Waals surface area contributed by atoms with Crippen molar-refractivity contribution in [1.29, 1.82) is 0 Å². The smallest absolute Gasteiger partial charge is 0.449 e. The summed E-state index contributed by atoms with van der Waals surface area (Å²) in [6.45, 7) is -2.88. The molecule has 2 rings (SSSR count). The molecule has 92 valence electrons. The Kier molecular flexibility index (Phi) is 5.68. The van der Waals surface area contributed by atoms with E-state index in [0.29, 0.717) is 24.0 Å². The van der Waals surface area contributed by atoms with Crippen molar-refractivity contribution in [2.24, 2.45) is 0 Å². The van der Waals surface area contributed by atoms with E-state index in [0.717, 1.165) is 11.1 Å². The minimum atomic E-state index is -4.78. The van der Waals surface area contributed by atoms with E-state index in [4.69, 9.17) is 0 Å². The van der Waals surface area contributed by atoms with E-state index in [9.17, 15) is 17.7 Å². The summed E-state index contributed by atoms with van der Waals surface area (Å²) >= 11 is 0. The molecule has 6 heteroatoms. The number of carbonyl (C=O) groups is 1. The fourth-order valence-electron chi connectivity index (χ4n) is 2.36. The van der Waals surface area contributed by atoms with Gasteiger partial charge in [0.25, 0.3) is 0 Å². The molecule has 1 aromatic carbocycles. The largest absolute Gasteiger partial charge is 1.00 e. The van der Waals surface area contributed by atoms with Gasteiger partial charge in [-0.25, -0.2) is 0 Å². The van der Waals surface area contributed by atoms with Crippen LogP contribution in [0.1, 0.15) is 33.5 Å². The van der Waals surface area contributed by atoms with E-state index in [1.807, 2.05) is 13.0 Å². The minimum Gasteiger partial charge on any atom is -0.449 e. The molecule has 0 radical (unpaired) electrons. The Morgan fingerprint density at radius 2 is 1.89 bits per heavy atom. The normalized spacial score (nSPS) is 14.3. The van der Waals surface area contributed by atoms with Gasteiger partial charge in [-0.2, -0.15) is 0 Å². The maximum atomic E-state index is 12.2. The zero-order valence-electron chi connectivity index (χ0n) is 10.6. The van der Waals surface area contributed by atoms with Crippen LogP contribution in [-0.2, 0) is 12.8 Å². The van der Waals surface area contributed by atoms with E-state index >= 15 is 0 Å². The average molecular weight is 280 g/mol. The van der Waals surface area contributed by atoms with E-state index in [-0.39, 0.29) is 63.6 Å². The number of aryl methyl sites for hydroxylation is 2. The Morgan fingerprint density at radius 1 is 1.22 bits per heavy atom. The first-order valence-corrected chi connectivity index (χ1v) is 5.74. The van der Waals surface area contributed by atoms with Crippen LogP contribution in [0.2, 0.25) is 6.32 Å². The Labute approximate surface area is 147 Å². The van der Waals surface area contributed by atoms with Gasteiger partial charge in [0.05, 0.1) is 0 Å². The molecule has 0 saturated carbocycles. The molecule has 0 heterocycles. The van der Waals surface area contributed by atoms with Crippen LogP contribution in [0.15, 0.2) is 12.1 Å². The molecule has 0 amide bonds. The number of Topliss-reactive ketones (excluding diaryl/α,β-unsaturated/α-hetero) is 1. The number of halogens is 3. The molecule has 0 atom stereocenters. The summed E-state index contributed by atoms with van der Waals surface area (Å²) in [4.78, 5) is 11.7. The van der Waals surface area contributed by atoms with Crippen molar-refractivity contribution >= 4 is 12.8 Å². The maximum absolute atomic E-state index is 12.2. The Morgan fingerprint density at radius 3 is 2.50 bits per heavy atom. The fraction of sp³-hybridized carbons (Fsp3) is 0.417. The number of hydrogen-bond acceptors (Lipinski definition) is 1. The molecule has 0 saturated heterocycles. The minimum absolute atomic E-state index is 0. The van der Waals surface area contributed by atoms with Gasteiger partial charge in [0.15, 0.2) is 5.78 Å². The predicted octanol–water partition coefficient (Wildman–Crippen LogP) is 0.518. The summed E-state index contributed by atoms with van der Waals surface area (Å²) in [5, 5.41) is 0. The second-order valence-electron chi connectivity index (χ2n) is 4.57. The zero-order chi connectivity index (χ0) is 12.6. The van der Waals surface area contributed by atoms with Crippen molar-refractivity contribution < 1.29 is 69.1 Å². The van der Waals surface area contributed by atoms with Crippen LogP contribution in [0.3, 0.4) is 0 Å². The van der Waals surface area contributed by atoms with Crippen molar-refractivity contribution in [3.05, 3.63) is 34.4 Å². The standard InChI is InChI=1S/C12H13BF3O.K/c1-8-2-3-9(6-7-13(14,15)16)12-10(8)4-5-11(12)17;/h2-3H,4-7H2,1H3;/q-1;+1. The molecule has 0 fully saturated rings. The molecule has 1 nitrogen and oxygen atoms in total. The van der Waals surface area contributed by atoms with Gasteiger partial charge in [0, 0.05) is 12.0 Å². The molecule has 0 N–H and O–H groups in total. The van der Waals surface area contributed by atoms with Crippen molar-refractivity contribution in [3.8, 4) is 0 Å². The summed E-state index contributed by atoms with van der Waals surface area (Å²) in [7, 11) is 0. The number of carbonyl (C=O) groups excluding carboxylic acids is 1. The van der Waals surface area contributed by atoms with Gasteiger partial charge in [-0.05, 0) is 30.0 Å². The van der Waals surface area contributed by atoms with Crippen molar-refractivity contribution in [3.63, 3.8) is 0 Å². The molecule has 1 aliphatic rings. The van der Waals surface area contributed by atoms with Crippen LogP contribution in [0, 0.1) is 6.92 Å². The molecule has 1 aliphatic carbocycles. The summed E-state index contributed by atoms with van der Waals surface area (Å²) in [6.07, 6.45) is 0.232. The van der Waals surface area contributed by atoms with Gasteiger partial charge in [0.1, 0.15) is 0 Å². The molecule has 0 spiro atoms. The summed E-state index contributed by atoms with van der Waals surface area (Å²) in [5.74, 6) is -0.00613. The quantitative estimate of drug-likeness (QED) is 0.738. The van der Waals surface area contributed by atoms with Gasteiger partial charge < -0.3 is 12.9 Å². The fourth-order valence-corrected chi connectivity index (χ4v) is 2.36. The SMILES string of the molecule is Cc1ccc(CC[B-](F)(F)F)c2c1CCC2=O.[K+]. The van der Waals surface area contributed by atoms with Crippen molar-refractivity contribution in [1.82, 2.24) is 0 Å². The predicted molar refractivity (Wildman–Crippen MR) is 61.4 cm³/mol. The molecular formula is C12H13BF3KO. The van der Waals surface area contributed by atoms with Crippen LogP contribution in [0.4, 0.5) is 12.9 Å². The average Bonchev–Trinajstić information content (AvgIpc) is 2.60. The van der Waals surface area contributed by atoms with Crippen LogP contribution in [0.25, 0.3) is 0 Å². The van der Waals surface area contributed by atoms with Crippen LogP contribution >= 0.6 is 0 Å². The monoisotopic (exact) mass is 280 g/mol. The third-order valence-electron chi connectivity index (χ3n) is 3.26. The molecule has 1 aromatic rings. The van der Waals surface area contributed by atoms with Gasteiger partial charge in [-0.3, -0.25) is 4.79 Å². The third-order valence-corrected chi connectivity index (χ3v) is 3.26. The molecule has 0 aromatic heterocycles. The Balaban J connectivity index is 0.00000162. The molecule has 0 aliphatic heterocycles. The first-order chi connectivity index (χ1) is 7.88. The second-order valence-corrected chi connectivity index (χ2v) is 4.57. The van der Waals surface area contributed by atoms with Crippen LogP contribution in [0.5, 0.6) is 0 Å². The molecule has 0 bridgehead atoms. The number of ketones is 1. The van der Waals surface area contributed by atoms with Gasteiger partial charge in [0.2, 0.25) is 0 Å². The summed E-state index contributed by atoms with van der Waals surface area (Å²) in [6, 6.07) is 3.48. The first-order valence-electron chi connectivity index (χ1n) is 5.74. The Bertz CT molecular complexity index is 471. The van der Waals surface area contributed by atoms with E-state index in [1.165, 1.54) is 0 Å². The van der Waals surface area contributed by atoms with Gasteiger partial charge in [-0.1, -0.05) is 24.9 Å². The van der Waals surface area contributed by atoms with E-state index < -0.39 is 13.3 Å². The van der Waals surface area contributed by atoms with Crippen molar-refractivity contribution in [2.45, 2.75) is 32.5 Å². The van der Waals surface area contributed by atoms with E-state index in [2.05, 4.69) is 0 Å². The van der Waals surface area contributed by atoms with E-state index in [1.54, 1.807) is 6.07 Å². The third kappa shape index (κ3) is 3.70. The van der Waals surface area contributed by atoms with Crippen LogP contribution < -0.4 is 51.4 Å². The second kappa shape index (κ2) is 6.22. The molecule has 18 heavy (non-hydrogen) atoms. The van der Waals surface area contributed by atoms with Gasteiger partial charge in [-0.15, -0.1) is 0 Å². The number of rotatable bonds is 3. The summed E-state index contributed by atoms with van der Waals surface area (Å²) < 4.78 is 36.7. The van der Waals surface area contributed by atoms with Crippen molar-refractivity contribution in [2.75, 3.05) is 0 Å². The maximum Gasteiger partial charge on any atom is 1.00 e. The Hall–Kier alpha value is 0.381. The summed E-state index contributed by atoms with van der Waals surface area (Å²) in [5.41, 5.74) is 3.08. The number of fused-ring (bicyclic) bond motifs is 1. The molecular weight excluding hydrogens is 267 g/mol. The first kappa shape index (κ1) is 16.4. The topological polar surface area (TPSA) is 17.1 Å². The zero-order valence-corrected chi connectivity index (χ0v) is 13.7. The molecule has 0 unspecified atom stereocenters. The van der Waals surface area contributed by atoms with Crippen LogP contribution in [-0.4, -0.2) is 12.8 Å². The number of hydrogen-bond donors (Lipinski definition) is 0. The van der Waals surface area contributed by atoms with Gasteiger partial charge >= 0.3 is 58.4 Å². The number of benzene rings is 1.